The fourth-order valence-electron chi connectivity index (χ4n) is 3.37. The normalized spacial score (nSPS) is 12.8. The molecule has 0 radical (unpaired) electrons. The Kier molecular flexibility index (Phi) is 8.91. The third-order valence-electron chi connectivity index (χ3n) is 5.46. The van der Waals surface area contributed by atoms with Crippen LogP contribution < -0.4 is 5.32 Å². The van der Waals surface area contributed by atoms with E-state index in [2.05, 4.69) is 5.32 Å². The van der Waals surface area contributed by atoms with Crippen molar-refractivity contribution >= 4 is 11.8 Å². The van der Waals surface area contributed by atoms with Gasteiger partial charge < -0.3 is 10.2 Å². The van der Waals surface area contributed by atoms with Crippen molar-refractivity contribution in [1.29, 1.82) is 0 Å². The molecule has 29 heavy (non-hydrogen) atoms. The second-order valence-corrected chi connectivity index (χ2v) is 7.68. The average Bonchev–Trinajstić information content (AvgIpc) is 2.73. The van der Waals surface area contributed by atoms with Gasteiger partial charge in [-0.05, 0) is 49.8 Å². The molecule has 2 atom stereocenters. The Labute approximate surface area is 175 Å². The molecule has 0 heterocycles. The first-order valence-electron chi connectivity index (χ1n) is 10.6. The van der Waals surface area contributed by atoms with Gasteiger partial charge in [-0.2, -0.15) is 0 Å². The van der Waals surface area contributed by atoms with Gasteiger partial charge in [0, 0.05) is 19.0 Å². The molecule has 4 nitrogen and oxygen atoms in total. The number of benzene rings is 2. The lowest BCUT2D eigenvalue weighted by molar-refractivity contribution is -0.141. The van der Waals surface area contributed by atoms with Crippen LogP contribution in [-0.2, 0) is 22.6 Å². The van der Waals surface area contributed by atoms with Crippen molar-refractivity contribution in [2.45, 2.75) is 72.0 Å². The first-order chi connectivity index (χ1) is 14.0. The highest BCUT2D eigenvalue weighted by atomic mass is 16.2. The van der Waals surface area contributed by atoms with E-state index in [1.54, 1.807) is 4.90 Å². The van der Waals surface area contributed by atoms with Crippen LogP contribution in [0, 0.1) is 6.92 Å². The summed E-state index contributed by atoms with van der Waals surface area (Å²) >= 11 is 0. The largest absolute Gasteiger partial charge is 0.352 e. The number of amides is 2. The Morgan fingerprint density at radius 3 is 2.24 bits per heavy atom. The third kappa shape index (κ3) is 6.74. The molecule has 2 aromatic carbocycles. The quantitative estimate of drug-likeness (QED) is 0.638. The number of nitrogens with one attached hydrogen (secondary N) is 1. The summed E-state index contributed by atoms with van der Waals surface area (Å²) in [6.07, 6.45) is 2.52. The second-order valence-electron chi connectivity index (χ2n) is 7.68. The van der Waals surface area contributed by atoms with Gasteiger partial charge in [0.2, 0.25) is 11.8 Å². The number of carbonyl (C=O) groups is 2. The molecule has 0 aliphatic heterocycles. The first-order valence-corrected chi connectivity index (χ1v) is 10.6. The van der Waals surface area contributed by atoms with E-state index in [-0.39, 0.29) is 17.9 Å². The molecular weight excluding hydrogens is 360 g/mol. The zero-order valence-electron chi connectivity index (χ0n) is 18.2. The van der Waals surface area contributed by atoms with Crippen LogP contribution in [0.15, 0.2) is 54.6 Å². The molecule has 0 spiro atoms. The minimum Gasteiger partial charge on any atom is -0.352 e. The van der Waals surface area contributed by atoms with Gasteiger partial charge in [-0.15, -0.1) is 0 Å². The number of aryl methyl sites for hydroxylation is 2. The standard InChI is InChI=1S/C25H34N2O2/c1-5-20(4)26-25(29)23(6-2)27(18-22-15-11-10-12-19(22)3)24(28)17-16-21-13-8-7-9-14-21/h7-15,20,23H,5-6,16-18H2,1-4H3,(H,26,29)/t20-,23-/m1/s1. The molecule has 4 heteroatoms. The molecule has 0 unspecified atom stereocenters. The highest BCUT2D eigenvalue weighted by molar-refractivity contribution is 5.88. The van der Waals surface area contributed by atoms with Crippen LogP contribution in [0.1, 0.15) is 56.7 Å². The maximum absolute atomic E-state index is 13.2. The molecule has 0 fully saturated rings. The fourth-order valence-corrected chi connectivity index (χ4v) is 3.37. The van der Waals surface area contributed by atoms with Crippen LogP contribution in [0.2, 0.25) is 0 Å². The lowest BCUT2D eigenvalue weighted by atomic mass is 10.0. The number of carbonyl (C=O) groups excluding carboxylic acids is 2. The zero-order chi connectivity index (χ0) is 21.2. The molecular formula is C25H34N2O2. The summed E-state index contributed by atoms with van der Waals surface area (Å²) in [6.45, 7) is 8.50. The zero-order valence-corrected chi connectivity index (χ0v) is 18.2. The number of hydrogen-bond acceptors (Lipinski definition) is 2. The van der Waals surface area contributed by atoms with Gasteiger partial charge in [-0.1, -0.05) is 68.4 Å². The maximum atomic E-state index is 13.2. The Hall–Kier alpha value is -2.62. The lowest BCUT2D eigenvalue weighted by Gasteiger charge is -2.32. The predicted molar refractivity (Wildman–Crippen MR) is 118 cm³/mol. The third-order valence-corrected chi connectivity index (χ3v) is 5.46. The second kappa shape index (κ2) is 11.4. The van der Waals surface area contributed by atoms with Crippen LogP contribution >= 0.6 is 0 Å². The molecule has 0 bridgehead atoms. The van der Waals surface area contributed by atoms with Crippen molar-refractivity contribution in [2.24, 2.45) is 0 Å². The average molecular weight is 395 g/mol. The number of rotatable bonds is 10. The van der Waals surface area contributed by atoms with E-state index in [9.17, 15) is 9.59 Å². The van der Waals surface area contributed by atoms with Crippen LogP contribution in [0.3, 0.4) is 0 Å². The van der Waals surface area contributed by atoms with Gasteiger partial charge in [-0.25, -0.2) is 0 Å². The Bertz CT molecular complexity index is 788. The molecule has 0 saturated heterocycles. The fraction of sp³-hybridized carbons (Fsp3) is 0.440. The van der Waals surface area contributed by atoms with E-state index in [1.807, 2.05) is 82.3 Å². The summed E-state index contributed by atoms with van der Waals surface area (Å²) in [4.78, 5) is 27.9. The van der Waals surface area contributed by atoms with E-state index in [0.717, 1.165) is 23.1 Å². The summed E-state index contributed by atoms with van der Waals surface area (Å²) < 4.78 is 0. The highest BCUT2D eigenvalue weighted by Crippen LogP contribution is 2.17. The molecule has 2 aromatic rings. The van der Waals surface area contributed by atoms with E-state index in [0.29, 0.717) is 25.8 Å². The number of nitrogens with zero attached hydrogens (tertiary/aromatic N) is 1. The molecule has 2 amide bonds. The maximum Gasteiger partial charge on any atom is 0.243 e. The molecule has 156 valence electrons. The molecule has 0 aliphatic rings. The SMILES string of the molecule is CC[C@@H](C)NC(=O)[C@@H](CC)N(Cc1ccccc1C)C(=O)CCc1ccccc1. The van der Waals surface area contributed by atoms with Gasteiger partial charge in [0.05, 0.1) is 0 Å². The van der Waals surface area contributed by atoms with Crippen molar-refractivity contribution < 1.29 is 9.59 Å². The van der Waals surface area contributed by atoms with Gasteiger partial charge in [0.15, 0.2) is 0 Å². The van der Waals surface area contributed by atoms with Gasteiger partial charge in [0.1, 0.15) is 6.04 Å². The summed E-state index contributed by atoms with van der Waals surface area (Å²) in [7, 11) is 0. The van der Waals surface area contributed by atoms with Crippen LogP contribution in [0.5, 0.6) is 0 Å². The summed E-state index contributed by atoms with van der Waals surface area (Å²) in [5.41, 5.74) is 3.34. The van der Waals surface area contributed by atoms with E-state index in [4.69, 9.17) is 0 Å². The van der Waals surface area contributed by atoms with Crippen molar-refractivity contribution in [1.82, 2.24) is 10.2 Å². The van der Waals surface area contributed by atoms with E-state index in [1.165, 1.54) is 0 Å². The minimum atomic E-state index is -0.466. The van der Waals surface area contributed by atoms with Crippen LogP contribution in [0.4, 0.5) is 0 Å². The van der Waals surface area contributed by atoms with Crippen molar-refractivity contribution in [3.05, 3.63) is 71.3 Å². The predicted octanol–water partition coefficient (Wildman–Crippen LogP) is 4.65. The van der Waals surface area contributed by atoms with Gasteiger partial charge >= 0.3 is 0 Å². The molecule has 2 rings (SSSR count). The molecule has 0 saturated carbocycles. The van der Waals surface area contributed by atoms with Crippen LogP contribution in [-0.4, -0.2) is 28.8 Å². The van der Waals surface area contributed by atoms with E-state index < -0.39 is 6.04 Å². The molecule has 1 N–H and O–H groups in total. The van der Waals surface area contributed by atoms with Crippen molar-refractivity contribution in [3.8, 4) is 0 Å². The summed E-state index contributed by atoms with van der Waals surface area (Å²) in [5, 5.41) is 3.06. The van der Waals surface area contributed by atoms with Gasteiger partial charge in [0.25, 0.3) is 0 Å². The Morgan fingerprint density at radius 2 is 1.62 bits per heavy atom. The van der Waals surface area contributed by atoms with Crippen molar-refractivity contribution in [2.75, 3.05) is 0 Å². The Balaban J connectivity index is 2.22. The summed E-state index contributed by atoms with van der Waals surface area (Å²) in [6, 6.07) is 17.7. The highest BCUT2D eigenvalue weighted by Gasteiger charge is 2.29. The first kappa shape index (κ1) is 22.7. The smallest absolute Gasteiger partial charge is 0.243 e. The summed E-state index contributed by atoms with van der Waals surface area (Å²) in [5.74, 6) is -0.0493. The molecule has 0 aromatic heterocycles. The topological polar surface area (TPSA) is 49.4 Å². The Morgan fingerprint density at radius 1 is 0.966 bits per heavy atom. The van der Waals surface area contributed by atoms with Crippen molar-refractivity contribution in [3.63, 3.8) is 0 Å². The monoisotopic (exact) mass is 394 g/mol. The number of hydrogen-bond donors (Lipinski definition) is 1. The minimum absolute atomic E-state index is 0.0169. The van der Waals surface area contributed by atoms with Crippen LogP contribution in [0.25, 0.3) is 0 Å². The lowest BCUT2D eigenvalue weighted by Crippen LogP contribution is -2.50. The van der Waals surface area contributed by atoms with E-state index >= 15 is 0 Å². The van der Waals surface area contributed by atoms with Gasteiger partial charge in [-0.3, -0.25) is 9.59 Å². The molecule has 0 aliphatic carbocycles.